The standard InChI is InChI=1S/C12H24N2S/c1-15-12-7-3-2-6-11(12)14-8-4-5-10(13)9-14/h10-12H,2-9,13H2,1H3. The Labute approximate surface area is 98.0 Å². The van der Waals surface area contributed by atoms with E-state index in [1.807, 2.05) is 0 Å². The molecule has 2 fully saturated rings. The maximum atomic E-state index is 6.07. The predicted octanol–water partition coefficient (Wildman–Crippen LogP) is 2.08. The van der Waals surface area contributed by atoms with Crippen molar-refractivity contribution in [3.05, 3.63) is 0 Å². The molecule has 0 aromatic heterocycles. The SMILES string of the molecule is CSC1CCCCC1N1CCCC(N)C1. The Kier molecular flexibility index (Phi) is 4.35. The average molecular weight is 228 g/mol. The molecule has 2 N–H and O–H groups in total. The van der Waals surface area contributed by atoms with Crippen molar-refractivity contribution in [2.75, 3.05) is 19.3 Å². The average Bonchev–Trinajstić information content (AvgIpc) is 2.29. The van der Waals surface area contributed by atoms with Gasteiger partial charge in [-0.05, 0) is 38.5 Å². The first-order valence-electron chi connectivity index (χ1n) is 6.33. The van der Waals surface area contributed by atoms with E-state index >= 15 is 0 Å². The second-order valence-electron chi connectivity index (χ2n) is 5.02. The Bertz CT molecular complexity index is 198. The molecule has 1 saturated carbocycles. The molecule has 1 saturated heterocycles. The van der Waals surface area contributed by atoms with Gasteiger partial charge < -0.3 is 5.73 Å². The number of piperidine rings is 1. The number of hydrogen-bond donors (Lipinski definition) is 1. The first-order valence-corrected chi connectivity index (χ1v) is 7.62. The van der Waals surface area contributed by atoms with Gasteiger partial charge in [-0.1, -0.05) is 12.8 Å². The third-order valence-electron chi connectivity index (χ3n) is 3.93. The zero-order valence-corrected chi connectivity index (χ0v) is 10.6. The van der Waals surface area contributed by atoms with Crippen LogP contribution in [0.2, 0.25) is 0 Å². The van der Waals surface area contributed by atoms with E-state index in [0.717, 1.165) is 17.8 Å². The Hall–Kier alpha value is 0.270. The van der Waals surface area contributed by atoms with Gasteiger partial charge in [0.15, 0.2) is 0 Å². The molecule has 3 unspecified atom stereocenters. The van der Waals surface area contributed by atoms with Crippen molar-refractivity contribution in [3.63, 3.8) is 0 Å². The quantitative estimate of drug-likeness (QED) is 0.784. The van der Waals surface area contributed by atoms with Crippen LogP contribution in [0.4, 0.5) is 0 Å². The van der Waals surface area contributed by atoms with Gasteiger partial charge >= 0.3 is 0 Å². The van der Waals surface area contributed by atoms with Crippen molar-refractivity contribution < 1.29 is 0 Å². The maximum Gasteiger partial charge on any atom is 0.0215 e. The highest BCUT2D eigenvalue weighted by molar-refractivity contribution is 7.99. The number of nitrogens with two attached hydrogens (primary N) is 1. The van der Waals surface area contributed by atoms with E-state index in [2.05, 4.69) is 22.9 Å². The van der Waals surface area contributed by atoms with E-state index in [4.69, 9.17) is 5.73 Å². The van der Waals surface area contributed by atoms with Crippen molar-refractivity contribution >= 4 is 11.8 Å². The van der Waals surface area contributed by atoms with Crippen molar-refractivity contribution in [1.82, 2.24) is 4.90 Å². The van der Waals surface area contributed by atoms with Gasteiger partial charge in [-0.15, -0.1) is 0 Å². The van der Waals surface area contributed by atoms with Gasteiger partial charge in [0.05, 0.1) is 0 Å². The van der Waals surface area contributed by atoms with Crippen LogP contribution in [0.5, 0.6) is 0 Å². The van der Waals surface area contributed by atoms with Gasteiger partial charge in [-0.25, -0.2) is 0 Å². The van der Waals surface area contributed by atoms with Gasteiger partial charge in [0.1, 0.15) is 0 Å². The minimum absolute atomic E-state index is 0.434. The normalized spacial score (nSPS) is 39.2. The van der Waals surface area contributed by atoms with Crippen molar-refractivity contribution in [3.8, 4) is 0 Å². The molecule has 88 valence electrons. The molecule has 0 amide bonds. The van der Waals surface area contributed by atoms with Crippen molar-refractivity contribution in [2.24, 2.45) is 5.73 Å². The summed E-state index contributed by atoms with van der Waals surface area (Å²) >= 11 is 2.07. The van der Waals surface area contributed by atoms with E-state index in [1.54, 1.807) is 0 Å². The summed E-state index contributed by atoms with van der Waals surface area (Å²) in [5, 5.41) is 0.865. The smallest absolute Gasteiger partial charge is 0.0215 e. The second kappa shape index (κ2) is 5.55. The number of likely N-dealkylation sites (tertiary alicyclic amines) is 1. The van der Waals surface area contributed by atoms with E-state index in [1.165, 1.54) is 45.1 Å². The summed E-state index contributed by atoms with van der Waals surface area (Å²) in [6, 6.07) is 1.25. The van der Waals surface area contributed by atoms with Crippen molar-refractivity contribution in [2.45, 2.75) is 55.9 Å². The molecule has 2 rings (SSSR count). The molecule has 2 aliphatic rings. The topological polar surface area (TPSA) is 29.3 Å². The van der Waals surface area contributed by atoms with Crippen LogP contribution in [0, 0.1) is 0 Å². The minimum atomic E-state index is 0.434. The van der Waals surface area contributed by atoms with Crippen LogP contribution < -0.4 is 5.73 Å². The molecule has 0 aromatic rings. The Morgan fingerprint density at radius 2 is 1.93 bits per heavy atom. The number of nitrogens with zero attached hydrogens (tertiary/aromatic N) is 1. The summed E-state index contributed by atoms with van der Waals surface area (Å²) < 4.78 is 0. The Morgan fingerprint density at radius 1 is 1.13 bits per heavy atom. The van der Waals surface area contributed by atoms with Crippen LogP contribution in [0.25, 0.3) is 0 Å². The first kappa shape index (κ1) is 11.7. The molecular formula is C12H24N2S. The highest BCUT2D eigenvalue weighted by Crippen LogP contribution is 2.31. The van der Waals surface area contributed by atoms with Gasteiger partial charge in [-0.3, -0.25) is 4.90 Å². The lowest BCUT2D eigenvalue weighted by molar-refractivity contribution is 0.124. The number of thioether (sulfide) groups is 1. The summed E-state index contributed by atoms with van der Waals surface area (Å²) in [5.74, 6) is 0. The molecule has 0 spiro atoms. The summed E-state index contributed by atoms with van der Waals surface area (Å²) in [7, 11) is 0. The van der Waals surface area contributed by atoms with E-state index in [0.29, 0.717) is 6.04 Å². The molecule has 1 aliphatic heterocycles. The molecule has 0 radical (unpaired) electrons. The van der Waals surface area contributed by atoms with Crippen molar-refractivity contribution in [1.29, 1.82) is 0 Å². The molecule has 3 heteroatoms. The highest BCUT2D eigenvalue weighted by Gasteiger charge is 2.31. The fourth-order valence-electron chi connectivity index (χ4n) is 3.11. The zero-order chi connectivity index (χ0) is 10.7. The highest BCUT2D eigenvalue weighted by atomic mass is 32.2. The van der Waals surface area contributed by atoms with Crippen LogP contribution in [-0.4, -0.2) is 41.6 Å². The van der Waals surface area contributed by atoms with E-state index < -0.39 is 0 Å². The molecule has 2 nitrogen and oxygen atoms in total. The monoisotopic (exact) mass is 228 g/mol. The Balaban J connectivity index is 1.94. The first-order chi connectivity index (χ1) is 7.31. The van der Waals surface area contributed by atoms with Crippen LogP contribution in [0.15, 0.2) is 0 Å². The van der Waals surface area contributed by atoms with E-state index in [-0.39, 0.29) is 0 Å². The fourth-order valence-corrected chi connectivity index (χ4v) is 4.14. The van der Waals surface area contributed by atoms with Gasteiger partial charge in [-0.2, -0.15) is 11.8 Å². The van der Waals surface area contributed by atoms with Crippen LogP contribution in [-0.2, 0) is 0 Å². The van der Waals surface area contributed by atoms with Crippen LogP contribution >= 0.6 is 11.8 Å². The Morgan fingerprint density at radius 3 is 2.67 bits per heavy atom. The number of rotatable bonds is 2. The summed E-state index contributed by atoms with van der Waals surface area (Å²) in [6.45, 7) is 2.43. The molecule has 3 atom stereocenters. The third kappa shape index (κ3) is 2.89. The lowest BCUT2D eigenvalue weighted by Gasteiger charge is -2.42. The van der Waals surface area contributed by atoms with Crippen LogP contribution in [0.3, 0.4) is 0 Å². The molecular weight excluding hydrogens is 204 g/mol. The predicted molar refractivity (Wildman–Crippen MR) is 68.3 cm³/mol. The largest absolute Gasteiger partial charge is 0.327 e. The van der Waals surface area contributed by atoms with Gasteiger partial charge in [0, 0.05) is 23.9 Å². The lowest BCUT2D eigenvalue weighted by Crippen LogP contribution is -2.51. The molecule has 1 aliphatic carbocycles. The maximum absolute atomic E-state index is 6.07. The summed E-state index contributed by atoms with van der Waals surface area (Å²) in [6.07, 6.45) is 10.5. The summed E-state index contributed by atoms with van der Waals surface area (Å²) in [4.78, 5) is 2.68. The molecule has 0 bridgehead atoms. The van der Waals surface area contributed by atoms with Gasteiger partial charge in [0.2, 0.25) is 0 Å². The van der Waals surface area contributed by atoms with E-state index in [9.17, 15) is 0 Å². The second-order valence-corrected chi connectivity index (χ2v) is 6.10. The third-order valence-corrected chi connectivity index (χ3v) is 5.08. The van der Waals surface area contributed by atoms with Crippen LogP contribution in [0.1, 0.15) is 38.5 Å². The summed E-state index contributed by atoms with van der Waals surface area (Å²) in [5.41, 5.74) is 6.07. The molecule has 15 heavy (non-hydrogen) atoms. The van der Waals surface area contributed by atoms with Gasteiger partial charge in [0.25, 0.3) is 0 Å². The molecule has 0 aromatic carbocycles. The number of hydrogen-bond acceptors (Lipinski definition) is 3. The zero-order valence-electron chi connectivity index (χ0n) is 9.82. The minimum Gasteiger partial charge on any atom is -0.327 e. The lowest BCUT2D eigenvalue weighted by atomic mass is 9.91. The fraction of sp³-hybridized carbons (Fsp3) is 1.00. The molecule has 1 heterocycles.